The zero-order valence-electron chi connectivity index (χ0n) is 16.8. The van der Waals surface area contributed by atoms with Gasteiger partial charge in [0.1, 0.15) is 6.10 Å². The Bertz CT molecular complexity index is 578. The SMILES string of the molecule is CN=C(NCc1ccc(OC2CCCC2)nc1)N(C)CCC1CCOCC1. The molecule has 1 aromatic heterocycles. The minimum Gasteiger partial charge on any atom is -0.474 e. The van der Waals surface area contributed by atoms with Crippen LogP contribution in [0.15, 0.2) is 23.3 Å². The van der Waals surface area contributed by atoms with Gasteiger partial charge in [0, 0.05) is 52.7 Å². The summed E-state index contributed by atoms with van der Waals surface area (Å²) in [5.41, 5.74) is 1.13. The Morgan fingerprint density at radius 2 is 2.04 bits per heavy atom. The third-order valence-corrected chi connectivity index (χ3v) is 5.62. The van der Waals surface area contributed by atoms with Gasteiger partial charge in [-0.15, -0.1) is 0 Å². The lowest BCUT2D eigenvalue weighted by atomic mass is 9.96. The molecule has 6 heteroatoms. The number of nitrogens with one attached hydrogen (secondary N) is 1. The van der Waals surface area contributed by atoms with Crippen LogP contribution in [-0.2, 0) is 11.3 Å². The summed E-state index contributed by atoms with van der Waals surface area (Å²) in [6, 6.07) is 4.06. The van der Waals surface area contributed by atoms with Gasteiger partial charge in [-0.2, -0.15) is 0 Å². The molecule has 0 aromatic carbocycles. The highest BCUT2D eigenvalue weighted by Gasteiger charge is 2.17. The summed E-state index contributed by atoms with van der Waals surface area (Å²) in [6.07, 6.45) is 10.7. The summed E-state index contributed by atoms with van der Waals surface area (Å²) < 4.78 is 11.4. The first-order valence-corrected chi connectivity index (χ1v) is 10.4. The molecule has 0 amide bonds. The van der Waals surface area contributed by atoms with Crippen molar-refractivity contribution in [1.82, 2.24) is 15.2 Å². The lowest BCUT2D eigenvalue weighted by Crippen LogP contribution is -2.39. The van der Waals surface area contributed by atoms with Crippen LogP contribution in [0.3, 0.4) is 0 Å². The van der Waals surface area contributed by atoms with Crippen molar-refractivity contribution in [2.45, 2.75) is 57.6 Å². The zero-order valence-corrected chi connectivity index (χ0v) is 16.8. The van der Waals surface area contributed by atoms with E-state index in [1.54, 1.807) is 0 Å². The average molecular weight is 375 g/mol. The monoisotopic (exact) mass is 374 g/mol. The van der Waals surface area contributed by atoms with Gasteiger partial charge in [0.05, 0.1) is 0 Å². The second-order valence-corrected chi connectivity index (χ2v) is 7.70. The Morgan fingerprint density at radius 3 is 2.70 bits per heavy atom. The minimum absolute atomic E-state index is 0.352. The van der Waals surface area contributed by atoms with Crippen molar-refractivity contribution >= 4 is 5.96 Å². The number of aliphatic imine (C=N–C) groups is 1. The first-order valence-electron chi connectivity index (χ1n) is 10.4. The maximum atomic E-state index is 5.93. The number of guanidine groups is 1. The molecule has 2 fully saturated rings. The molecule has 3 rings (SSSR count). The molecule has 2 heterocycles. The van der Waals surface area contributed by atoms with Crippen LogP contribution in [0.5, 0.6) is 5.88 Å². The quantitative estimate of drug-likeness (QED) is 0.587. The van der Waals surface area contributed by atoms with Gasteiger partial charge in [0.2, 0.25) is 5.88 Å². The van der Waals surface area contributed by atoms with Crippen molar-refractivity contribution < 1.29 is 9.47 Å². The van der Waals surface area contributed by atoms with Gasteiger partial charge in [-0.05, 0) is 56.4 Å². The smallest absolute Gasteiger partial charge is 0.213 e. The van der Waals surface area contributed by atoms with Crippen molar-refractivity contribution in [3.05, 3.63) is 23.9 Å². The molecule has 1 aromatic rings. The van der Waals surface area contributed by atoms with Gasteiger partial charge < -0.3 is 19.7 Å². The molecule has 0 spiro atoms. The van der Waals surface area contributed by atoms with E-state index in [-0.39, 0.29) is 0 Å². The van der Waals surface area contributed by atoms with E-state index in [1.807, 2.05) is 19.3 Å². The summed E-state index contributed by atoms with van der Waals surface area (Å²) in [4.78, 5) is 11.1. The highest BCUT2D eigenvalue weighted by Crippen LogP contribution is 2.23. The largest absolute Gasteiger partial charge is 0.474 e. The maximum Gasteiger partial charge on any atom is 0.213 e. The van der Waals surface area contributed by atoms with Crippen LogP contribution in [0.2, 0.25) is 0 Å². The molecule has 1 saturated carbocycles. The lowest BCUT2D eigenvalue weighted by molar-refractivity contribution is 0.0625. The van der Waals surface area contributed by atoms with Crippen LogP contribution in [0.4, 0.5) is 0 Å². The second-order valence-electron chi connectivity index (χ2n) is 7.70. The van der Waals surface area contributed by atoms with E-state index in [2.05, 4.69) is 33.3 Å². The number of rotatable bonds is 7. The molecule has 0 radical (unpaired) electrons. The first kappa shape index (κ1) is 19.9. The normalized spacial score (nSPS) is 19.3. The van der Waals surface area contributed by atoms with Crippen LogP contribution >= 0.6 is 0 Å². The Kier molecular flexibility index (Phi) is 7.75. The number of pyridine rings is 1. The average Bonchev–Trinajstić information content (AvgIpc) is 3.22. The molecule has 27 heavy (non-hydrogen) atoms. The fourth-order valence-corrected chi connectivity index (χ4v) is 3.85. The van der Waals surface area contributed by atoms with Gasteiger partial charge in [-0.3, -0.25) is 4.99 Å². The molecule has 1 aliphatic carbocycles. The highest BCUT2D eigenvalue weighted by molar-refractivity contribution is 5.79. The summed E-state index contributed by atoms with van der Waals surface area (Å²) in [5.74, 6) is 2.44. The van der Waals surface area contributed by atoms with E-state index < -0.39 is 0 Å². The van der Waals surface area contributed by atoms with Crippen LogP contribution in [0.1, 0.15) is 50.5 Å². The van der Waals surface area contributed by atoms with E-state index in [1.165, 1.54) is 32.1 Å². The van der Waals surface area contributed by atoms with Crippen LogP contribution < -0.4 is 10.1 Å². The molecule has 1 saturated heterocycles. The number of aromatic nitrogens is 1. The second kappa shape index (κ2) is 10.5. The molecule has 1 N–H and O–H groups in total. The van der Waals surface area contributed by atoms with Crippen molar-refractivity contribution in [2.24, 2.45) is 10.9 Å². The van der Waals surface area contributed by atoms with Crippen LogP contribution in [0, 0.1) is 5.92 Å². The first-order chi connectivity index (χ1) is 13.2. The Balaban J connectivity index is 1.41. The molecule has 0 unspecified atom stereocenters. The van der Waals surface area contributed by atoms with E-state index in [0.717, 1.165) is 55.9 Å². The number of nitrogens with zero attached hydrogens (tertiary/aromatic N) is 3. The Labute approximate surface area is 163 Å². The van der Waals surface area contributed by atoms with Gasteiger partial charge in [0.25, 0.3) is 0 Å². The molecule has 6 nitrogen and oxygen atoms in total. The third kappa shape index (κ3) is 6.38. The lowest BCUT2D eigenvalue weighted by Gasteiger charge is -2.26. The molecule has 0 bridgehead atoms. The summed E-state index contributed by atoms with van der Waals surface area (Å²) in [7, 11) is 3.94. The molecular formula is C21H34N4O2. The van der Waals surface area contributed by atoms with Gasteiger partial charge in [0.15, 0.2) is 5.96 Å². The predicted octanol–water partition coefficient (Wildman–Crippen LogP) is 3.23. The standard InChI is InChI=1S/C21H34N4O2/c1-22-21(25(2)12-9-17-10-13-26-14-11-17)24-16-18-7-8-20(23-15-18)27-19-5-3-4-6-19/h7-8,15,17,19H,3-6,9-14,16H2,1-2H3,(H,22,24). The Morgan fingerprint density at radius 1 is 1.26 bits per heavy atom. The molecular weight excluding hydrogens is 340 g/mol. The van der Waals surface area contributed by atoms with Crippen molar-refractivity contribution in [2.75, 3.05) is 33.9 Å². The van der Waals surface area contributed by atoms with E-state index in [0.29, 0.717) is 12.6 Å². The van der Waals surface area contributed by atoms with Gasteiger partial charge >= 0.3 is 0 Å². The van der Waals surface area contributed by atoms with E-state index >= 15 is 0 Å². The fraction of sp³-hybridized carbons (Fsp3) is 0.714. The van der Waals surface area contributed by atoms with Crippen molar-refractivity contribution in [3.63, 3.8) is 0 Å². The van der Waals surface area contributed by atoms with Crippen molar-refractivity contribution in [1.29, 1.82) is 0 Å². The van der Waals surface area contributed by atoms with E-state index in [9.17, 15) is 0 Å². The predicted molar refractivity (Wildman–Crippen MR) is 108 cm³/mol. The third-order valence-electron chi connectivity index (χ3n) is 5.62. The number of hydrogen-bond acceptors (Lipinski definition) is 4. The number of ether oxygens (including phenoxy) is 2. The van der Waals surface area contributed by atoms with E-state index in [4.69, 9.17) is 9.47 Å². The summed E-state index contributed by atoms with van der Waals surface area (Å²) in [6.45, 7) is 3.55. The molecule has 1 aliphatic heterocycles. The number of hydrogen-bond donors (Lipinski definition) is 1. The van der Waals surface area contributed by atoms with Crippen LogP contribution in [0.25, 0.3) is 0 Å². The topological polar surface area (TPSA) is 59.0 Å². The molecule has 150 valence electrons. The molecule has 2 aliphatic rings. The zero-order chi connectivity index (χ0) is 18.9. The summed E-state index contributed by atoms with van der Waals surface area (Å²) >= 11 is 0. The van der Waals surface area contributed by atoms with Gasteiger partial charge in [-0.25, -0.2) is 4.98 Å². The van der Waals surface area contributed by atoms with Gasteiger partial charge in [-0.1, -0.05) is 6.07 Å². The maximum absolute atomic E-state index is 5.93. The highest BCUT2D eigenvalue weighted by atomic mass is 16.5. The Hall–Kier alpha value is -1.82. The minimum atomic E-state index is 0.352. The van der Waals surface area contributed by atoms with Crippen molar-refractivity contribution in [3.8, 4) is 5.88 Å². The molecule has 0 atom stereocenters. The summed E-state index contributed by atoms with van der Waals surface area (Å²) in [5, 5.41) is 3.44. The van der Waals surface area contributed by atoms with Crippen LogP contribution in [-0.4, -0.2) is 55.8 Å². The fourth-order valence-electron chi connectivity index (χ4n) is 3.85.